The standard InChI is InChI=1S/C12H14N2O7/c1-12(13,11(17)18)5-7-2-3-8(14(19)20)9(4-7)21-6-10(15)16/h2-4H,5-6,13H2,1H3,(H,15,16)(H,17,18)/t12-/m0/s1. The van der Waals surface area contributed by atoms with E-state index >= 15 is 0 Å². The molecule has 0 aliphatic carbocycles. The van der Waals surface area contributed by atoms with Gasteiger partial charge in [-0.3, -0.25) is 14.9 Å². The van der Waals surface area contributed by atoms with Crippen molar-refractivity contribution in [3.8, 4) is 5.75 Å². The molecule has 0 bridgehead atoms. The number of carboxylic acids is 2. The summed E-state index contributed by atoms with van der Waals surface area (Å²) in [6.07, 6.45) is -0.0935. The topological polar surface area (TPSA) is 153 Å². The lowest BCUT2D eigenvalue weighted by Gasteiger charge is -2.19. The summed E-state index contributed by atoms with van der Waals surface area (Å²) in [5.74, 6) is -2.76. The Labute approximate surface area is 119 Å². The van der Waals surface area contributed by atoms with Crippen LogP contribution < -0.4 is 10.5 Å². The predicted octanol–water partition coefficient (Wildman–Crippen LogP) is 0.403. The predicted molar refractivity (Wildman–Crippen MR) is 70.2 cm³/mol. The number of carbonyl (C=O) groups is 2. The molecular weight excluding hydrogens is 284 g/mol. The van der Waals surface area contributed by atoms with Crippen molar-refractivity contribution >= 4 is 17.6 Å². The van der Waals surface area contributed by atoms with Crippen molar-refractivity contribution in [2.75, 3.05) is 6.61 Å². The van der Waals surface area contributed by atoms with Crippen LogP contribution in [0.3, 0.4) is 0 Å². The van der Waals surface area contributed by atoms with Crippen LogP contribution in [0, 0.1) is 10.1 Å². The Balaban J connectivity index is 3.09. The van der Waals surface area contributed by atoms with E-state index in [4.69, 9.17) is 20.7 Å². The van der Waals surface area contributed by atoms with Crippen molar-refractivity contribution in [1.29, 1.82) is 0 Å². The monoisotopic (exact) mass is 298 g/mol. The maximum atomic E-state index is 11.0. The van der Waals surface area contributed by atoms with Gasteiger partial charge < -0.3 is 20.7 Å². The normalized spacial score (nSPS) is 13.2. The van der Waals surface area contributed by atoms with Gasteiger partial charge in [-0.05, 0) is 18.6 Å². The Hall–Kier alpha value is -2.68. The lowest BCUT2D eigenvalue weighted by atomic mass is 9.94. The summed E-state index contributed by atoms with van der Waals surface area (Å²) in [5, 5.41) is 28.3. The maximum Gasteiger partial charge on any atom is 0.341 e. The Morgan fingerprint density at radius 2 is 2.05 bits per heavy atom. The van der Waals surface area contributed by atoms with E-state index in [1.54, 1.807) is 0 Å². The van der Waals surface area contributed by atoms with Crippen molar-refractivity contribution in [3.63, 3.8) is 0 Å². The van der Waals surface area contributed by atoms with Crippen LogP contribution in [-0.4, -0.2) is 39.2 Å². The molecule has 0 amide bonds. The van der Waals surface area contributed by atoms with Gasteiger partial charge in [-0.25, -0.2) is 4.79 Å². The molecule has 0 unspecified atom stereocenters. The van der Waals surface area contributed by atoms with Gasteiger partial charge in [-0.15, -0.1) is 0 Å². The highest BCUT2D eigenvalue weighted by Gasteiger charge is 2.29. The van der Waals surface area contributed by atoms with Gasteiger partial charge in [-0.2, -0.15) is 0 Å². The fourth-order valence-electron chi connectivity index (χ4n) is 1.57. The van der Waals surface area contributed by atoms with E-state index in [-0.39, 0.29) is 12.2 Å². The number of nitrogens with zero attached hydrogens (tertiary/aromatic N) is 1. The maximum absolute atomic E-state index is 11.0. The second kappa shape index (κ2) is 6.18. The second-order valence-corrected chi connectivity index (χ2v) is 4.64. The molecule has 0 spiro atoms. The summed E-state index contributed by atoms with van der Waals surface area (Å²) in [7, 11) is 0. The first-order valence-electron chi connectivity index (χ1n) is 5.77. The number of ether oxygens (including phenoxy) is 1. The lowest BCUT2D eigenvalue weighted by molar-refractivity contribution is -0.385. The van der Waals surface area contributed by atoms with Gasteiger partial charge in [0.05, 0.1) is 4.92 Å². The molecule has 0 heterocycles. The molecule has 9 heteroatoms. The van der Waals surface area contributed by atoms with E-state index in [1.165, 1.54) is 19.1 Å². The first-order chi connectivity index (χ1) is 9.63. The summed E-state index contributed by atoms with van der Waals surface area (Å²) in [6.45, 7) is 0.553. The third kappa shape index (κ3) is 4.42. The van der Waals surface area contributed by atoms with Crippen molar-refractivity contribution in [1.82, 2.24) is 0 Å². The Kier molecular flexibility index (Phi) is 4.82. The third-order valence-corrected chi connectivity index (χ3v) is 2.63. The molecule has 0 aliphatic rings. The fraction of sp³-hybridized carbons (Fsp3) is 0.333. The zero-order chi connectivity index (χ0) is 16.2. The van der Waals surface area contributed by atoms with Gasteiger partial charge in [0.2, 0.25) is 0 Å². The molecule has 9 nitrogen and oxygen atoms in total. The molecular formula is C12H14N2O7. The third-order valence-electron chi connectivity index (χ3n) is 2.63. The Morgan fingerprint density at radius 3 is 2.52 bits per heavy atom. The van der Waals surface area contributed by atoms with Crippen molar-refractivity contribution in [2.45, 2.75) is 18.9 Å². The van der Waals surface area contributed by atoms with Gasteiger partial charge in [0, 0.05) is 12.5 Å². The van der Waals surface area contributed by atoms with E-state index in [9.17, 15) is 19.7 Å². The molecule has 0 aromatic heterocycles. The van der Waals surface area contributed by atoms with E-state index in [0.29, 0.717) is 5.56 Å². The molecule has 4 N–H and O–H groups in total. The number of carboxylic acid groups (broad SMARTS) is 2. The highest BCUT2D eigenvalue weighted by Crippen LogP contribution is 2.29. The minimum Gasteiger partial charge on any atom is -0.480 e. The molecule has 0 fully saturated rings. The number of hydrogen-bond donors (Lipinski definition) is 3. The van der Waals surface area contributed by atoms with E-state index in [0.717, 1.165) is 6.07 Å². The summed E-state index contributed by atoms with van der Waals surface area (Å²) in [6, 6.07) is 3.68. The average Bonchev–Trinajstić information content (AvgIpc) is 2.35. The summed E-state index contributed by atoms with van der Waals surface area (Å²) in [4.78, 5) is 31.5. The number of benzene rings is 1. The Bertz CT molecular complexity index is 583. The highest BCUT2D eigenvalue weighted by molar-refractivity contribution is 5.78. The molecule has 1 rings (SSSR count). The molecule has 1 aromatic rings. The zero-order valence-electron chi connectivity index (χ0n) is 11.1. The number of nitro groups is 1. The van der Waals surface area contributed by atoms with Crippen LogP contribution in [0.5, 0.6) is 5.75 Å². The van der Waals surface area contributed by atoms with Crippen LogP contribution in [0.2, 0.25) is 0 Å². The molecule has 0 radical (unpaired) electrons. The number of nitrogens with two attached hydrogens (primary N) is 1. The van der Waals surface area contributed by atoms with Crippen LogP contribution in [0.15, 0.2) is 18.2 Å². The first kappa shape index (κ1) is 16.4. The van der Waals surface area contributed by atoms with Gasteiger partial charge in [0.25, 0.3) is 0 Å². The van der Waals surface area contributed by atoms with Crippen LogP contribution in [0.1, 0.15) is 12.5 Å². The number of hydrogen-bond acceptors (Lipinski definition) is 6. The second-order valence-electron chi connectivity index (χ2n) is 4.64. The highest BCUT2D eigenvalue weighted by atomic mass is 16.6. The minimum atomic E-state index is -1.56. The van der Waals surface area contributed by atoms with E-state index in [1.807, 2.05) is 0 Å². The largest absolute Gasteiger partial charge is 0.480 e. The Morgan fingerprint density at radius 1 is 1.43 bits per heavy atom. The number of rotatable bonds is 7. The minimum absolute atomic E-state index is 0.0935. The van der Waals surface area contributed by atoms with Crippen molar-refractivity contribution < 1.29 is 29.5 Å². The molecule has 0 saturated carbocycles. The SMILES string of the molecule is C[C@](N)(Cc1ccc([N+](=O)[O-])c(OCC(=O)O)c1)C(=O)O. The molecule has 0 saturated heterocycles. The lowest BCUT2D eigenvalue weighted by Crippen LogP contribution is -2.46. The zero-order valence-corrected chi connectivity index (χ0v) is 11.1. The van der Waals surface area contributed by atoms with Crippen molar-refractivity contribution in [3.05, 3.63) is 33.9 Å². The molecule has 0 aliphatic heterocycles. The van der Waals surface area contributed by atoms with Gasteiger partial charge in [0.15, 0.2) is 12.4 Å². The summed E-state index contributed by atoms with van der Waals surface area (Å²) < 4.78 is 4.85. The number of nitro benzene ring substituents is 1. The van der Waals surface area contributed by atoms with Crippen LogP contribution >= 0.6 is 0 Å². The van der Waals surface area contributed by atoms with Crippen LogP contribution in [0.4, 0.5) is 5.69 Å². The van der Waals surface area contributed by atoms with Crippen LogP contribution in [0.25, 0.3) is 0 Å². The van der Waals surface area contributed by atoms with Crippen molar-refractivity contribution in [2.24, 2.45) is 5.73 Å². The molecule has 21 heavy (non-hydrogen) atoms. The van der Waals surface area contributed by atoms with Crippen LogP contribution in [-0.2, 0) is 16.0 Å². The molecule has 1 atom stereocenters. The quantitative estimate of drug-likeness (QED) is 0.483. The average molecular weight is 298 g/mol. The van der Waals surface area contributed by atoms with Gasteiger partial charge >= 0.3 is 17.6 Å². The molecule has 114 valence electrons. The molecule has 1 aromatic carbocycles. The number of aliphatic carboxylic acids is 2. The van der Waals surface area contributed by atoms with Gasteiger partial charge in [-0.1, -0.05) is 6.07 Å². The fourth-order valence-corrected chi connectivity index (χ4v) is 1.57. The smallest absolute Gasteiger partial charge is 0.341 e. The van der Waals surface area contributed by atoms with E-state index in [2.05, 4.69) is 0 Å². The summed E-state index contributed by atoms with van der Waals surface area (Å²) >= 11 is 0. The first-order valence-corrected chi connectivity index (χ1v) is 5.77. The van der Waals surface area contributed by atoms with E-state index < -0.39 is 34.7 Å². The summed E-state index contributed by atoms with van der Waals surface area (Å²) in [5.41, 5.74) is 4.01. The van der Waals surface area contributed by atoms with Gasteiger partial charge in [0.1, 0.15) is 5.54 Å².